The summed E-state index contributed by atoms with van der Waals surface area (Å²) >= 11 is 1.88. The van der Waals surface area contributed by atoms with E-state index < -0.39 is 0 Å². The monoisotopic (exact) mass is 490 g/mol. The summed E-state index contributed by atoms with van der Waals surface area (Å²) in [5.41, 5.74) is 9.17. The Morgan fingerprint density at radius 2 is 1.64 bits per heavy atom. The van der Waals surface area contributed by atoms with Crippen molar-refractivity contribution < 1.29 is 4.57 Å². The Kier molecular flexibility index (Phi) is 5.45. The lowest BCUT2D eigenvalue weighted by Gasteiger charge is -2.20. The average Bonchev–Trinajstić information content (AvgIpc) is 3.38. The molecule has 0 fully saturated rings. The molecule has 0 radical (unpaired) electrons. The van der Waals surface area contributed by atoms with Crippen LogP contribution in [0.3, 0.4) is 0 Å². The highest BCUT2D eigenvalue weighted by molar-refractivity contribution is 7.26. The van der Waals surface area contributed by atoms with Gasteiger partial charge in [0.25, 0.3) is 5.82 Å². The Hall–Kier alpha value is -3.50. The van der Waals surface area contributed by atoms with E-state index in [-0.39, 0.29) is 0 Å². The van der Waals surface area contributed by atoms with E-state index in [2.05, 4.69) is 116 Å². The number of rotatable bonds is 4. The number of fused-ring (bicyclic) bond motifs is 4. The van der Waals surface area contributed by atoms with Gasteiger partial charge >= 0.3 is 0 Å². The first-order chi connectivity index (χ1) is 17.4. The largest absolute Gasteiger partial charge is 0.295 e. The Balaban J connectivity index is 1.87. The number of thiophene rings is 1. The SMILES string of the molecule is Cc1ccccc1-c1n(-c2c(C(C)C)cc3c(sc4cnccc43)c2C(C)C)c2ccccc2[n+]1C. The Labute approximate surface area is 216 Å². The minimum Gasteiger partial charge on any atom is -0.263 e. The van der Waals surface area contributed by atoms with Gasteiger partial charge in [0, 0.05) is 39.0 Å². The van der Waals surface area contributed by atoms with Crippen LogP contribution in [0.1, 0.15) is 56.2 Å². The molecule has 0 amide bonds. The van der Waals surface area contributed by atoms with Crippen LogP contribution in [0.15, 0.2) is 73.1 Å². The lowest BCUT2D eigenvalue weighted by atomic mass is 9.90. The third kappa shape index (κ3) is 3.31. The minimum absolute atomic E-state index is 0.360. The fraction of sp³-hybridized carbons (Fsp3) is 0.250. The summed E-state index contributed by atoms with van der Waals surface area (Å²) in [6.45, 7) is 11.5. The second kappa shape index (κ2) is 8.56. The second-order valence-corrected chi connectivity index (χ2v) is 11.5. The average molecular weight is 491 g/mol. The van der Waals surface area contributed by atoms with Crippen molar-refractivity contribution in [3.63, 3.8) is 0 Å². The molecule has 3 aromatic heterocycles. The molecule has 0 saturated carbocycles. The molecular formula is C32H32N3S+. The van der Waals surface area contributed by atoms with Crippen LogP contribution < -0.4 is 4.57 Å². The van der Waals surface area contributed by atoms with Gasteiger partial charge in [0.05, 0.1) is 17.3 Å². The smallest absolute Gasteiger partial charge is 0.263 e. The summed E-state index contributed by atoms with van der Waals surface area (Å²) in [6.07, 6.45) is 3.94. The molecule has 36 heavy (non-hydrogen) atoms. The molecule has 0 saturated heterocycles. The first kappa shape index (κ1) is 22.9. The van der Waals surface area contributed by atoms with E-state index in [0.717, 1.165) is 0 Å². The highest BCUT2D eigenvalue weighted by Crippen LogP contribution is 2.45. The number of nitrogens with zero attached hydrogens (tertiary/aromatic N) is 3. The molecule has 4 heteroatoms. The maximum atomic E-state index is 4.43. The van der Waals surface area contributed by atoms with E-state index >= 15 is 0 Å². The van der Waals surface area contributed by atoms with E-state index in [9.17, 15) is 0 Å². The van der Waals surface area contributed by atoms with Crippen molar-refractivity contribution in [3.05, 3.63) is 89.7 Å². The van der Waals surface area contributed by atoms with Gasteiger partial charge < -0.3 is 0 Å². The van der Waals surface area contributed by atoms with Gasteiger partial charge in [-0.25, -0.2) is 4.57 Å². The summed E-state index contributed by atoms with van der Waals surface area (Å²) in [6, 6.07) is 22.2. The molecule has 0 aliphatic carbocycles. The molecule has 0 aliphatic rings. The third-order valence-corrected chi connectivity index (χ3v) is 8.62. The predicted molar refractivity (Wildman–Crippen MR) is 153 cm³/mol. The molecule has 0 N–H and O–H groups in total. The molecule has 3 aromatic carbocycles. The van der Waals surface area contributed by atoms with E-state index in [1.807, 2.05) is 23.7 Å². The van der Waals surface area contributed by atoms with Crippen molar-refractivity contribution in [1.82, 2.24) is 9.55 Å². The predicted octanol–water partition coefficient (Wildman–Crippen LogP) is 8.44. The number of benzene rings is 3. The lowest BCUT2D eigenvalue weighted by molar-refractivity contribution is -0.633. The van der Waals surface area contributed by atoms with Crippen molar-refractivity contribution in [2.24, 2.45) is 7.05 Å². The lowest BCUT2D eigenvalue weighted by Crippen LogP contribution is -2.30. The van der Waals surface area contributed by atoms with E-state index in [1.54, 1.807) is 0 Å². The molecule has 3 nitrogen and oxygen atoms in total. The van der Waals surface area contributed by atoms with Gasteiger partial charge in [0.15, 0.2) is 11.0 Å². The van der Waals surface area contributed by atoms with Crippen LogP contribution in [0.2, 0.25) is 0 Å². The van der Waals surface area contributed by atoms with Crippen molar-refractivity contribution >= 4 is 42.5 Å². The zero-order chi connectivity index (χ0) is 25.1. The summed E-state index contributed by atoms with van der Waals surface area (Å²) in [4.78, 5) is 4.43. The van der Waals surface area contributed by atoms with Gasteiger partial charge in [-0.05, 0) is 54.7 Å². The standard InChI is InChI=1S/C32H32N3S/c1-19(2)24-17-25-23-15-16-33-18-28(23)36-31(25)29(20(3)4)30(24)35-27-14-10-9-13-26(27)34(6)32(35)22-12-8-7-11-21(22)5/h7-20H,1-6H3/q+1. The number of aromatic nitrogens is 3. The molecule has 3 heterocycles. The maximum absolute atomic E-state index is 4.43. The normalized spacial score (nSPS) is 12.1. The summed E-state index contributed by atoms with van der Waals surface area (Å²) < 4.78 is 7.54. The third-order valence-electron chi connectivity index (χ3n) is 7.43. The Morgan fingerprint density at radius 1 is 0.889 bits per heavy atom. The van der Waals surface area contributed by atoms with Crippen LogP contribution in [0, 0.1) is 6.92 Å². The molecule has 180 valence electrons. The maximum Gasteiger partial charge on any atom is 0.295 e. The van der Waals surface area contributed by atoms with Gasteiger partial charge in [0.1, 0.15) is 5.69 Å². The van der Waals surface area contributed by atoms with Crippen LogP contribution in [0.25, 0.3) is 48.3 Å². The van der Waals surface area contributed by atoms with Crippen LogP contribution in [-0.2, 0) is 7.05 Å². The summed E-state index contributed by atoms with van der Waals surface area (Å²) in [5, 5.41) is 2.66. The van der Waals surface area contributed by atoms with Gasteiger partial charge in [-0.3, -0.25) is 4.98 Å². The molecule has 0 bridgehead atoms. The molecule has 0 unspecified atom stereocenters. The van der Waals surface area contributed by atoms with Gasteiger partial charge in [-0.15, -0.1) is 11.3 Å². The number of para-hydroxylation sites is 2. The molecule has 6 aromatic rings. The van der Waals surface area contributed by atoms with Crippen LogP contribution in [-0.4, -0.2) is 9.55 Å². The summed E-state index contributed by atoms with van der Waals surface area (Å²) in [7, 11) is 2.20. The molecular weight excluding hydrogens is 458 g/mol. The fourth-order valence-electron chi connectivity index (χ4n) is 5.69. The van der Waals surface area contributed by atoms with Gasteiger partial charge in [0.2, 0.25) is 0 Å². The van der Waals surface area contributed by atoms with E-state index in [1.165, 1.54) is 65.0 Å². The number of hydrogen-bond donors (Lipinski definition) is 0. The number of hydrogen-bond acceptors (Lipinski definition) is 2. The zero-order valence-electron chi connectivity index (χ0n) is 21.8. The molecule has 0 atom stereocenters. The van der Waals surface area contributed by atoms with Gasteiger partial charge in [-0.1, -0.05) is 58.0 Å². The zero-order valence-corrected chi connectivity index (χ0v) is 22.6. The first-order valence-electron chi connectivity index (χ1n) is 12.8. The van der Waals surface area contributed by atoms with Crippen LogP contribution in [0.5, 0.6) is 0 Å². The number of pyridine rings is 1. The number of aryl methyl sites for hydroxylation is 2. The molecule has 0 spiro atoms. The van der Waals surface area contributed by atoms with Crippen LogP contribution in [0.4, 0.5) is 0 Å². The van der Waals surface area contributed by atoms with Crippen molar-refractivity contribution in [2.75, 3.05) is 0 Å². The van der Waals surface area contributed by atoms with Gasteiger partial charge in [-0.2, -0.15) is 4.57 Å². The quantitative estimate of drug-likeness (QED) is 0.227. The highest BCUT2D eigenvalue weighted by atomic mass is 32.1. The first-order valence-corrected chi connectivity index (χ1v) is 13.6. The van der Waals surface area contributed by atoms with Crippen LogP contribution >= 0.6 is 11.3 Å². The molecule has 6 rings (SSSR count). The van der Waals surface area contributed by atoms with Crippen molar-refractivity contribution in [1.29, 1.82) is 0 Å². The number of imidazole rings is 1. The molecule has 0 aliphatic heterocycles. The van der Waals surface area contributed by atoms with E-state index in [0.29, 0.717) is 11.8 Å². The summed E-state index contributed by atoms with van der Waals surface area (Å²) in [5.74, 6) is 1.95. The fourth-order valence-corrected chi connectivity index (χ4v) is 7.04. The minimum atomic E-state index is 0.360. The Bertz CT molecular complexity index is 1770. The Morgan fingerprint density at radius 3 is 2.39 bits per heavy atom. The second-order valence-electron chi connectivity index (χ2n) is 10.4. The highest BCUT2D eigenvalue weighted by Gasteiger charge is 2.32. The van der Waals surface area contributed by atoms with Crippen molar-refractivity contribution in [2.45, 2.75) is 46.5 Å². The van der Waals surface area contributed by atoms with Crippen molar-refractivity contribution in [3.8, 4) is 17.1 Å². The topological polar surface area (TPSA) is 21.7 Å². The van der Waals surface area contributed by atoms with E-state index in [4.69, 9.17) is 0 Å².